The lowest BCUT2D eigenvalue weighted by Crippen LogP contribution is -2.37. The summed E-state index contributed by atoms with van der Waals surface area (Å²) in [5, 5.41) is 3.46. The van der Waals surface area contributed by atoms with Crippen LogP contribution in [0.4, 0.5) is 14.9 Å². The third kappa shape index (κ3) is 3.71. The number of nitrogens with zero attached hydrogens (tertiary/aromatic N) is 3. The second kappa shape index (κ2) is 7.98. The zero-order valence-electron chi connectivity index (χ0n) is 15.7. The van der Waals surface area contributed by atoms with Gasteiger partial charge in [0.05, 0.1) is 22.6 Å². The van der Waals surface area contributed by atoms with E-state index in [0.717, 1.165) is 0 Å². The zero-order valence-corrected chi connectivity index (χ0v) is 16.5. The van der Waals surface area contributed by atoms with Crippen molar-refractivity contribution >= 4 is 34.2 Å². The first-order valence-electron chi connectivity index (χ1n) is 8.81. The van der Waals surface area contributed by atoms with Crippen molar-refractivity contribution in [3.05, 3.63) is 69.5 Å². The van der Waals surface area contributed by atoms with Gasteiger partial charge in [-0.25, -0.2) is 14.2 Å². The number of benzene rings is 2. The minimum absolute atomic E-state index is 0.0812. The molecule has 1 N–H and O–H groups in total. The van der Waals surface area contributed by atoms with Gasteiger partial charge in [0.2, 0.25) is 0 Å². The van der Waals surface area contributed by atoms with E-state index in [1.165, 1.54) is 21.6 Å². The number of hydrogen-bond donors (Lipinski definition) is 1. The van der Waals surface area contributed by atoms with Crippen LogP contribution in [0.15, 0.2) is 47.3 Å². The van der Waals surface area contributed by atoms with Crippen LogP contribution in [-0.2, 0) is 6.54 Å². The number of para-hydroxylation sites is 1. The largest absolute Gasteiger partial charge is 0.322 e. The molecule has 1 atom stereocenters. The Morgan fingerprint density at radius 1 is 1.32 bits per heavy atom. The molecule has 2 aromatic carbocycles. The monoisotopic (exact) mass is 402 g/mol. The predicted molar refractivity (Wildman–Crippen MR) is 108 cm³/mol. The van der Waals surface area contributed by atoms with Gasteiger partial charge in [0.1, 0.15) is 11.6 Å². The number of amides is 2. The Hall–Kier alpha value is -2.93. The topological polar surface area (TPSA) is 67.2 Å². The molecular weight excluding hydrogens is 383 g/mol. The number of halogens is 2. The highest BCUT2D eigenvalue weighted by atomic mass is 35.5. The molecule has 28 heavy (non-hydrogen) atoms. The molecule has 1 aromatic heterocycles. The van der Waals surface area contributed by atoms with Crippen molar-refractivity contribution in [3.8, 4) is 0 Å². The van der Waals surface area contributed by atoms with Crippen molar-refractivity contribution in [3.63, 3.8) is 0 Å². The molecule has 0 fully saturated rings. The standard InChI is InChI=1S/C20H20ClFN4O2/c1-4-26-18(23-17-11-13(21)9-10-14(17)19(26)27)12(2)25(3)20(28)24-16-8-6-5-7-15(16)22/h5-12H,4H2,1-3H3,(H,24,28). The first-order valence-corrected chi connectivity index (χ1v) is 9.19. The summed E-state index contributed by atoms with van der Waals surface area (Å²) < 4.78 is 15.3. The summed E-state index contributed by atoms with van der Waals surface area (Å²) in [7, 11) is 1.56. The van der Waals surface area contributed by atoms with Crippen LogP contribution in [-0.4, -0.2) is 27.5 Å². The van der Waals surface area contributed by atoms with Crippen molar-refractivity contribution in [2.24, 2.45) is 0 Å². The van der Waals surface area contributed by atoms with E-state index in [-0.39, 0.29) is 11.2 Å². The fraction of sp³-hybridized carbons (Fsp3) is 0.250. The Labute approximate surface area is 166 Å². The van der Waals surface area contributed by atoms with Gasteiger partial charge >= 0.3 is 6.03 Å². The number of rotatable bonds is 4. The molecule has 0 saturated heterocycles. The van der Waals surface area contributed by atoms with Gasteiger partial charge in [-0.3, -0.25) is 9.36 Å². The van der Waals surface area contributed by atoms with Gasteiger partial charge in [0.25, 0.3) is 5.56 Å². The molecule has 0 radical (unpaired) electrons. The summed E-state index contributed by atoms with van der Waals surface area (Å²) in [5.74, 6) is -0.103. The van der Waals surface area contributed by atoms with Gasteiger partial charge in [0, 0.05) is 18.6 Å². The van der Waals surface area contributed by atoms with E-state index in [1.54, 1.807) is 44.3 Å². The highest BCUT2D eigenvalue weighted by molar-refractivity contribution is 6.31. The molecule has 8 heteroatoms. The smallest absolute Gasteiger partial charge is 0.318 e. The lowest BCUT2D eigenvalue weighted by Gasteiger charge is -2.27. The Morgan fingerprint density at radius 3 is 2.71 bits per heavy atom. The van der Waals surface area contributed by atoms with E-state index in [9.17, 15) is 14.0 Å². The molecule has 0 bridgehead atoms. The SMILES string of the molecule is CCn1c(C(C)N(C)C(=O)Nc2ccccc2F)nc2cc(Cl)ccc2c1=O. The zero-order chi connectivity index (χ0) is 20.4. The van der Waals surface area contributed by atoms with Crippen LogP contribution >= 0.6 is 11.6 Å². The maximum absolute atomic E-state index is 13.8. The highest BCUT2D eigenvalue weighted by Crippen LogP contribution is 2.22. The quantitative estimate of drug-likeness (QED) is 0.701. The fourth-order valence-electron chi connectivity index (χ4n) is 2.95. The van der Waals surface area contributed by atoms with Gasteiger partial charge in [-0.2, -0.15) is 0 Å². The average molecular weight is 403 g/mol. The summed E-state index contributed by atoms with van der Waals surface area (Å²) >= 11 is 6.04. The number of carbonyl (C=O) groups excluding carboxylic acids is 1. The van der Waals surface area contributed by atoms with Crippen molar-refractivity contribution < 1.29 is 9.18 Å². The van der Waals surface area contributed by atoms with Crippen molar-refractivity contribution in [2.75, 3.05) is 12.4 Å². The molecule has 1 heterocycles. The van der Waals surface area contributed by atoms with E-state index in [1.807, 2.05) is 6.92 Å². The number of fused-ring (bicyclic) bond motifs is 1. The van der Waals surface area contributed by atoms with Crippen LogP contribution < -0.4 is 10.9 Å². The van der Waals surface area contributed by atoms with Gasteiger partial charge in [-0.15, -0.1) is 0 Å². The molecule has 0 aliphatic carbocycles. The molecule has 1 unspecified atom stereocenters. The fourth-order valence-corrected chi connectivity index (χ4v) is 3.12. The lowest BCUT2D eigenvalue weighted by atomic mass is 10.2. The molecule has 0 spiro atoms. The van der Waals surface area contributed by atoms with Crippen LogP contribution in [0, 0.1) is 5.82 Å². The molecule has 0 aliphatic rings. The maximum Gasteiger partial charge on any atom is 0.322 e. The summed E-state index contributed by atoms with van der Waals surface area (Å²) in [5.41, 5.74) is 0.346. The molecular formula is C20H20ClFN4O2. The van der Waals surface area contributed by atoms with Crippen LogP contribution in [0.2, 0.25) is 5.02 Å². The minimum atomic E-state index is -0.539. The first-order chi connectivity index (χ1) is 13.3. The molecule has 3 aromatic rings. The van der Waals surface area contributed by atoms with Gasteiger partial charge in [-0.05, 0) is 44.2 Å². The third-order valence-electron chi connectivity index (χ3n) is 4.65. The van der Waals surface area contributed by atoms with Crippen molar-refractivity contribution in [1.82, 2.24) is 14.5 Å². The van der Waals surface area contributed by atoms with Crippen LogP contribution in [0.25, 0.3) is 10.9 Å². The molecule has 3 rings (SSSR count). The number of anilines is 1. The maximum atomic E-state index is 13.8. The van der Waals surface area contributed by atoms with E-state index in [0.29, 0.717) is 28.3 Å². The number of carbonyl (C=O) groups is 1. The number of hydrogen-bond acceptors (Lipinski definition) is 3. The minimum Gasteiger partial charge on any atom is -0.318 e. The number of nitrogens with one attached hydrogen (secondary N) is 1. The summed E-state index contributed by atoms with van der Waals surface area (Å²) in [6.45, 7) is 3.98. The Bertz CT molecular complexity index is 1100. The second-order valence-corrected chi connectivity index (χ2v) is 6.81. The van der Waals surface area contributed by atoms with Gasteiger partial charge in [-0.1, -0.05) is 23.7 Å². The van der Waals surface area contributed by atoms with Crippen LogP contribution in [0.1, 0.15) is 25.7 Å². The highest BCUT2D eigenvalue weighted by Gasteiger charge is 2.23. The molecule has 6 nitrogen and oxygen atoms in total. The molecule has 2 amide bonds. The number of aromatic nitrogens is 2. The van der Waals surface area contributed by atoms with E-state index < -0.39 is 17.9 Å². The molecule has 0 aliphatic heterocycles. The van der Waals surface area contributed by atoms with E-state index in [4.69, 9.17) is 11.6 Å². The lowest BCUT2D eigenvalue weighted by molar-refractivity contribution is 0.204. The normalized spacial score (nSPS) is 12.0. The molecule has 146 valence electrons. The summed E-state index contributed by atoms with van der Waals surface area (Å²) in [4.78, 5) is 31.4. The summed E-state index contributed by atoms with van der Waals surface area (Å²) in [6, 6.07) is 9.77. The number of urea groups is 1. The molecule has 0 saturated carbocycles. The summed E-state index contributed by atoms with van der Waals surface area (Å²) in [6.07, 6.45) is 0. The average Bonchev–Trinajstić information content (AvgIpc) is 2.68. The Morgan fingerprint density at radius 2 is 2.04 bits per heavy atom. The van der Waals surface area contributed by atoms with E-state index in [2.05, 4.69) is 10.3 Å². The van der Waals surface area contributed by atoms with E-state index >= 15 is 0 Å². The Kier molecular flexibility index (Phi) is 5.65. The van der Waals surface area contributed by atoms with Gasteiger partial charge in [0.15, 0.2) is 0 Å². The third-order valence-corrected chi connectivity index (χ3v) is 4.89. The van der Waals surface area contributed by atoms with Gasteiger partial charge < -0.3 is 10.2 Å². The predicted octanol–water partition coefficient (Wildman–Crippen LogP) is 4.43. The Balaban J connectivity index is 1.97. The second-order valence-electron chi connectivity index (χ2n) is 6.38. The first kappa shape index (κ1) is 19.8. The van der Waals surface area contributed by atoms with Crippen LogP contribution in [0.3, 0.4) is 0 Å². The van der Waals surface area contributed by atoms with Crippen molar-refractivity contribution in [2.45, 2.75) is 26.4 Å². The van der Waals surface area contributed by atoms with Crippen molar-refractivity contribution in [1.29, 1.82) is 0 Å². The van der Waals surface area contributed by atoms with Crippen LogP contribution in [0.5, 0.6) is 0 Å².